The number of ether oxygens (including phenoxy) is 3. The number of nitrogens with one attached hydrogen (secondary N) is 1. The van der Waals surface area contributed by atoms with Crippen molar-refractivity contribution in [3.05, 3.63) is 89.1 Å². The zero-order valence-corrected chi connectivity index (χ0v) is 22.7. The van der Waals surface area contributed by atoms with Gasteiger partial charge in [-0.2, -0.15) is 0 Å². The number of fused-ring (bicyclic) bond motifs is 2. The van der Waals surface area contributed by atoms with E-state index in [2.05, 4.69) is 4.72 Å². The van der Waals surface area contributed by atoms with E-state index >= 15 is 0 Å². The molecule has 2 amide bonds. The van der Waals surface area contributed by atoms with Crippen molar-refractivity contribution in [2.75, 3.05) is 13.4 Å². The second-order valence-electron chi connectivity index (χ2n) is 9.20. The molecule has 0 bridgehead atoms. The number of hydrogen-bond acceptors (Lipinski definition) is 7. The number of rotatable bonds is 9. The molecule has 3 aromatic carbocycles. The largest absolute Gasteiger partial charge is 0.466 e. The van der Waals surface area contributed by atoms with Gasteiger partial charge in [0.15, 0.2) is 22.5 Å². The van der Waals surface area contributed by atoms with E-state index in [-0.39, 0.29) is 19.2 Å². The molecule has 206 valence electrons. The Balaban J connectivity index is 1.47. The molecule has 0 fully saturated rings. The van der Waals surface area contributed by atoms with E-state index in [1.807, 2.05) is 4.57 Å². The van der Waals surface area contributed by atoms with Gasteiger partial charge in [-0.05, 0) is 60.0 Å². The minimum Gasteiger partial charge on any atom is -0.466 e. The molecule has 40 heavy (non-hydrogen) atoms. The van der Waals surface area contributed by atoms with E-state index in [1.165, 1.54) is 0 Å². The van der Waals surface area contributed by atoms with Crippen LogP contribution in [0.5, 0.6) is 11.5 Å². The maximum atomic E-state index is 13.8. The molecule has 11 heteroatoms. The van der Waals surface area contributed by atoms with Crippen LogP contribution in [-0.2, 0) is 38.8 Å². The highest BCUT2D eigenvalue weighted by Crippen LogP contribution is 2.39. The Labute approximate surface area is 232 Å². The molecule has 2 atom stereocenters. The van der Waals surface area contributed by atoms with Crippen LogP contribution in [0.1, 0.15) is 39.9 Å². The van der Waals surface area contributed by atoms with Gasteiger partial charge in [0.25, 0.3) is 0 Å². The predicted octanol–water partition coefficient (Wildman–Crippen LogP) is 3.08. The van der Waals surface area contributed by atoms with Crippen LogP contribution < -0.4 is 19.9 Å². The molecule has 10 nitrogen and oxygen atoms in total. The van der Waals surface area contributed by atoms with Crippen molar-refractivity contribution < 1.29 is 32.8 Å². The standard InChI is InChI=1S/C29H27N3O7S/c1-3-37-26(33)12-17-4-8-20(9-5-17)40(36)31-29(35)27(18-7-11-24-25(14-18)39-16-38-24)22-15-32(2)23-13-19(28(30)34)6-10-21(22)23/h4-11,13-15,27H,3,12,16H2,1-2H3,(H2,30,34)(H,31,35). The first-order chi connectivity index (χ1) is 19.2. The van der Waals surface area contributed by atoms with Crippen LogP contribution >= 0.6 is 0 Å². The Kier molecular flexibility index (Phi) is 7.56. The van der Waals surface area contributed by atoms with Crippen molar-refractivity contribution in [1.29, 1.82) is 0 Å². The minimum atomic E-state index is -1.88. The first kappa shape index (κ1) is 26.9. The fraction of sp³-hybridized carbons (Fsp3) is 0.207. The number of nitrogens with two attached hydrogens (primary N) is 1. The molecular weight excluding hydrogens is 534 g/mol. The molecule has 0 radical (unpaired) electrons. The fourth-order valence-corrected chi connectivity index (χ4v) is 5.48. The van der Waals surface area contributed by atoms with E-state index in [9.17, 15) is 18.6 Å². The van der Waals surface area contributed by atoms with Gasteiger partial charge >= 0.3 is 5.97 Å². The number of aromatic nitrogens is 1. The maximum absolute atomic E-state index is 13.8. The Morgan fingerprint density at radius 3 is 2.52 bits per heavy atom. The number of primary amides is 1. The highest BCUT2D eigenvalue weighted by molar-refractivity contribution is 7.83. The monoisotopic (exact) mass is 561 g/mol. The van der Waals surface area contributed by atoms with E-state index in [1.54, 1.807) is 80.8 Å². The molecule has 2 heterocycles. The van der Waals surface area contributed by atoms with Gasteiger partial charge in [0.05, 0.1) is 23.8 Å². The van der Waals surface area contributed by atoms with Crippen molar-refractivity contribution in [2.24, 2.45) is 12.8 Å². The summed E-state index contributed by atoms with van der Waals surface area (Å²) in [6, 6.07) is 16.8. The molecule has 3 N–H and O–H groups in total. The molecule has 2 unspecified atom stereocenters. The lowest BCUT2D eigenvalue weighted by Gasteiger charge is -2.17. The number of nitrogens with zero attached hydrogens (tertiary/aromatic N) is 1. The first-order valence-corrected chi connectivity index (χ1v) is 13.6. The van der Waals surface area contributed by atoms with Crippen LogP contribution in [0.2, 0.25) is 0 Å². The van der Waals surface area contributed by atoms with Gasteiger partial charge in [0.1, 0.15) is 0 Å². The second kappa shape index (κ2) is 11.2. The van der Waals surface area contributed by atoms with E-state index < -0.39 is 28.7 Å². The van der Waals surface area contributed by atoms with Crippen LogP contribution in [0.15, 0.2) is 71.8 Å². The van der Waals surface area contributed by atoms with Gasteiger partial charge in [-0.1, -0.05) is 24.3 Å². The van der Waals surface area contributed by atoms with Crippen molar-refractivity contribution in [3.63, 3.8) is 0 Å². The van der Waals surface area contributed by atoms with Crippen LogP contribution in [0.3, 0.4) is 0 Å². The summed E-state index contributed by atoms with van der Waals surface area (Å²) in [4.78, 5) is 37.7. The quantitative estimate of drug-likeness (QED) is 0.300. The highest BCUT2D eigenvalue weighted by Gasteiger charge is 2.30. The fourth-order valence-electron chi connectivity index (χ4n) is 4.68. The molecule has 0 aliphatic carbocycles. The highest BCUT2D eigenvalue weighted by atomic mass is 32.2. The molecule has 1 aliphatic rings. The summed E-state index contributed by atoms with van der Waals surface area (Å²) in [5, 5.41) is 0.736. The molecule has 5 rings (SSSR count). The van der Waals surface area contributed by atoms with Gasteiger partial charge in [0, 0.05) is 29.7 Å². The molecule has 1 aliphatic heterocycles. The topological polar surface area (TPSA) is 139 Å². The predicted molar refractivity (Wildman–Crippen MR) is 147 cm³/mol. The summed E-state index contributed by atoms with van der Waals surface area (Å²) in [5.41, 5.74) is 8.49. The third kappa shape index (κ3) is 5.41. The third-order valence-corrected chi connectivity index (χ3v) is 7.68. The number of benzene rings is 3. The van der Waals surface area contributed by atoms with Crippen LogP contribution in [-0.4, -0.2) is 40.0 Å². The lowest BCUT2D eigenvalue weighted by molar-refractivity contribution is -0.142. The molecule has 1 aromatic heterocycles. The zero-order chi connectivity index (χ0) is 28.4. The lowest BCUT2D eigenvalue weighted by Crippen LogP contribution is -2.31. The summed E-state index contributed by atoms with van der Waals surface area (Å²) in [6.07, 6.45) is 1.90. The Bertz CT molecular complexity index is 1650. The summed E-state index contributed by atoms with van der Waals surface area (Å²) in [5.74, 6) is -1.21. The van der Waals surface area contributed by atoms with E-state index in [4.69, 9.17) is 19.9 Å². The molecule has 0 spiro atoms. The normalized spacial score (nSPS) is 13.6. The smallest absolute Gasteiger partial charge is 0.310 e. The number of amides is 2. The Hall–Kier alpha value is -4.64. The summed E-state index contributed by atoms with van der Waals surface area (Å²) < 4.78 is 33.6. The molecule has 0 saturated carbocycles. The number of aryl methyl sites for hydroxylation is 1. The summed E-state index contributed by atoms with van der Waals surface area (Å²) >= 11 is 0. The number of hydrogen-bond donors (Lipinski definition) is 2. The number of esters is 1. The van der Waals surface area contributed by atoms with Gasteiger partial charge in [-0.25, -0.2) is 4.21 Å². The zero-order valence-electron chi connectivity index (χ0n) is 21.8. The summed E-state index contributed by atoms with van der Waals surface area (Å²) in [7, 11) is -0.0748. The maximum Gasteiger partial charge on any atom is 0.310 e. The van der Waals surface area contributed by atoms with Gasteiger partial charge in [-0.15, -0.1) is 0 Å². The molecule has 4 aromatic rings. The summed E-state index contributed by atoms with van der Waals surface area (Å²) in [6.45, 7) is 2.11. The lowest BCUT2D eigenvalue weighted by atomic mass is 9.90. The van der Waals surface area contributed by atoms with Crippen molar-refractivity contribution in [2.45, 2.75) is 24.2 Å². The Morgan fingerprint density at radius 1 is 1.05 bits per heavy atom. The van der Waals surface area contributed by atoms with Crippen molar-refractivity contribution >= 4 is 39.7 Å². The minimum absolute atomic E-state index is 0.0794. The first-order valence-electron chi connectivity index (χ1n) is 12.5. The Morgan fingerprint density at radius 2 is 1.80 bits per heavy atom. The average molecular weight is 562 g/mol. The number of carbonyl (C=O) groups excluding carboxylic acids is 3. The average Bonchev–Trinajstić information content (AvgIpc) is 3.53. The van der Waals surface area contributed by atoms with Gasteiger partial charge in [0.2, 0.25) is 18.6 Å². The second-order valence-corrected chi connectivity index (χ2v) is 10.4. The van der Waals surface area contributed by atoms with Gasteiger partial charge < -0.3 is 24.5 Å². The van der Waals surface area contributed by atoms with Gasteiger partial charge in [-0.3, -0.25) is 19.1 Å². The van der Waals surface area contributed by atoms with Crippen LogP contribution in [0.4, 0.5) is 0 Å². The SMILES string of the molecule is CCOC(=O)Cc1ccc(S(=O)NC(=O)C(c2ccc3c(c2)OCO3)c2cn(C)c3cc(C(N)=O)ccc23)cc1. The molecule has 0 saturated heterocycles. The van der Waals surface area contributed by atoms with Crippen molar-refractivity contribution in [3.8, 4) is 11.5 Å². The third-order valence-electron chi connectivity index (χ3n) is 6.59. The van der Waals surface area contributed by atoms with Crippen LogP contribution in [0, 0.1) is 0 Å². The molecular formula is C29H27N3O7S. The van der Waals surface area contributed by atoms with E-state index in [0.717, 1.165) is 5.39 Å². The number of carbonyl (C=O) groups is 3. The van der Waals surface area contributed by atoms with Crippen LogP contribution in [0.25, 0.3) is 10.9 Å². The van der Waals surface area contributed by atoms with E-state index in [0.29, 0.717) is 50.8 Å². The van der Waals surface area contributed by atoms with Crippen molar-refractivity contribution in [1.82, 2.24) is 9.29 Å².